The summed E-state index contributed by atoms with van der Waals surface area (Å²) in [6.07, 6.45) is -6.84. The van der Waals surface area contributed by atoms with Gasteiger partial charge >= 0.3 is 0 Å². The fourth-order valence-electron chi connectivity index (χ4n) is 0.618. The molecule has 0 aromatic carbocycles. The zero-order valence-electron chi connectivity index (χ0n) is 9.30. The summed E-state index contributed by atoms with van der Waals surface area (Å²) in [7, 11) is 0. The van der Waals surface area contributed by atoms with Crippen LogP contribution in [0.4, 0.5) is 0 Å². The summed E-state index contributed by atoms with van der Waals surface area (Å²) in [5.41, 5.74) is 0. The van der Waals surface area contributed by atoms with E-state index >= 15 is 0 Å². The predicted octanol–water partition coefficient (Wildman–Crippen LogP) is -3.13. The third-order valence-corrected chi connectivity index (χ3v) is 1.42. The maximum atomic E-state index is 9.90. The second-order valence-electron chi connectivity index (χ2n) is 2.88. The number of aliphatic hydroxyl groups excluding tert-OH is 5. The van der Waals surface area contributed by atoms with E-state index in [1.54, 1.807) is 0 Å². The fraction of sp³-hybridized carbons (Fsp3) is 0.750. The number of aliphatic carboxylic acids is 1. The van der Waals surface area contributed by atoms with Crippen molar-refractivity contribution in [1.82, 2.24) is 6.15 Å². The summed E-state index contributed by atoms with van der Waals surface area (Å²) in [4.78, 5) is 18.9. The molecule has 0 rings (SSSR count). The van der Waals surface area contributed by atoms with Crippen molar-refractivity contribution in [3.8, 4) is 0 Å². The Hall–Kier alpha value is -1.10. The van der Waals surface area contributed by atoms with Crippen LogP contribution in [0.2, 0.25) is 0 Å². The van der Waals surface area contributed by atoms with Crippen LogP contribution in [0.1, 0.15) is 6.92 Å². The van der Waals surface area contributed by atoms with E-state index in [-0.39, 0.29) is 12.4 Å². The molecule has 0 aliphatic heterocycles. The van der Waals surface area contributed by atoms with Crippen molar-refractivity contribution in [3.05, 3.63) is 0 Å². The highest BCUT2D eigenvalue weighted by Gasteiger charge is 2.29. The highest BCUT2D eigenvalue weighted by atomic mass is 16.4. The van der Waals surface area contributed by atoms with E-state index in [0.717, 1.165) is 6.92 Å². The summed E-state index contributed by atoms with van der Waals surface area (Å²) >= 11 is 0. The van der Waals surface area contributed by atoms with Gasteiger partial charge in [-0.05, 0) is 0 Å². The Kier molecular flexibility index (Phi) is 14.2. The molecule has 0 saturated carbocycles. The summed E-state index contributed by atoms with van der Waals surface area (Å²) in [6.45, 7) is 0.323. The standard InChI is InChI=1S/C6H12O6.C2H4O2.H3N/c7-1-3(9)5(11)6(12)4(10)2-8;1-2(3)4;/h1,3-6,8-12H,2H2;1H3,(H,3,4);1H3. The van der Waals surface area contributed by atoms with Gasteiger partial charge in [0.1, 0.15) is 24.4 Å². The topological polar surface area (TPSA) is 191 Å². The maximum Gasteiger partial charge on any atom is 0.300 e. The zero-order valence-corrected chi connectivity index (χ0v) is 9.30. The third kappa shape index (κ3) is 11.2. The lowest BCUT2D eigenvalue weighted by Gasteiger charge is -2.22. The monoisotopic (exact) mass is 257 g/mol. The number of rotatable bonds is 5. The van der Waals surface area contributed by atoms with E-state index in [1.165, 1.54) is 0 Å². The molecule has 0 bridgehead atoms. The smallest absolute Gasteiger partial charge is 0.300 e. The molecule has 104 valence electrons. The molecule has 0 amide bonds. The molecule has 0 aliphatic carbocycles. The van der Waals surface area contributed by atoms with Gasteiger partial charge in [-0.1, -0.05) is 0 Å². The lowest BCUT2D eigenvalue weighted by molar-refractivity contribution is -0.136. The minimum atomic E-state index is -1.79. The normalized spacial score (nSPS) is 16.4. The van der Waals surface area contributed by atoms with Crippen LogP contribution in [-0.4, -0.2) is 73.9 Å². The van der Waals surface area contributed by atoms with Gasteiger partial charge in [-0.2, -0.15) is 0 Å². The molecule has 0 fully saturated rings. The SMILES string of the molecule is CC(=O)O.N.O=CC(O)C(O)C(O)C(O)CO. The molecule has 4 atom stereocenters. The second kappa shape index (κ2) is 11.4. The predicted molar refractivity (Wildman–Crippen MR) is 55.5 cm³/mol. The van der Waals surface area contributed by atoms with E-state index in [1.807, 2.05) is 0 Å². The lowest BCUT2D eigenvalue weighted by atomic mass is 10.0. The quantitative estimate of drug-likeness (QED) is 0.249. The first-order valence-electron chi connectivity index (χ1n) is 4.25. The minimum Gasteiger partial charge on any atom is -0.481 e. The van der Waals surface area contributed by atoms with Gasteiger partial charge in [0.25, 0.3) is 5.97 Å². The average molecular weight is 257 g/mol. The Morgan fingerprint density at radius 3 is 1.76 bits per heavy atom. The number of carboxylic acids is 1. The molecule has 0 aromatic rings. The van der Waals surface area contributed by atoms with Crippen molar-refractivity contribution in [3.63, 3.8) is 0 Å². The lowest BCUT2D eigenvalue weighted by Crippen LogP contribution is -2.46. The highest BCUT2D eigenvalue weighted by molar-refractivity contribution is 5.62. The van der Waals surface area contributed by atoms with Crippen LogP contribution in [0.25, 0.3) is 0 Å². The van der Waals surface area contributed by atoms with E-state index in [0.29, 0.717) is 0 Å². The molecule has 17 heavy (non-hydrogen) atoms. The van der Waals surface area contributed by atoms with Crippen molar-refractivity contribution < 1.29 is 40.2 Å². The molecule has 0 aliphatic rings. The highest BCUT2D eigenvalue weighted by Crippen LogP contribution is 2.02. The van der Waals surface area contributed by atoms with E-state index in [2.05, 4.69) is 0 Å². The van der Waals surface area contributed by atoms with Crippen molar-refractivity contribution in [2.75, 3.05) is 6.61 Å². The van der Waals surface area contributed by atoms with Gasteiger partial charge in [0.15, 0.2) is 6.29 Å². The van der Waals surface area contributed by atoms with Crippen molar-refractivity contribution in [2.45, 2.75) is 31.3 Å². The Bertz CT molecular complexity index is 208. The molecule has 9 heteroatoms. The van der Waals surface area contributed by atoms with E-state index in [4.69, 9.17) is 35.4 Å². The van der Waals surface area contributed by atoms with Gasteiger partial charge in [0, 0.05) is 6.92 Å². The minimum absolute atomic E-state index is 0. The van der Waals surface area contributed by atoms with Crippen LogP contribution in [0.5, 0.6) is 0 Å². The van der Waals surface area contributed by atoms with Gasteiger partial charge in [-0.25, -0.2) is 0 Å². The number of carbonyl (C=O) groups is 2. The zero-order chi connectivity index (χ0) is 13.3. The number of hydrogen-bond acceptors (Lipinski definition) is 8. The van der Waals surface area contributed by atoms with Crippen LogP contribution in [0.3, 0.4) is 0 Å². The largest absolute Gasteiger partial charge is 0.481 e. The molecule has 9 N–H and O–H groups in total. The molecule has 0 radical (unpaired) electrons. The van der Waals surface area contributed by atoms with Crippen molar-refractivity contribution in [2.24, 2.45) is 0 Å². The van der Waals surface area contributed by atoms with Crippen LogP contribution in [0.15, 0.2) is 0 Å². The van der Waals surface area contributed by atoms with Crippen LogP contribution in [0, 0.1) is 0 Å². The maximum absolute atomic E-state index is 9.90. The van der Waals surface area contributed by atoms with Gasteiger partial charge < -0.3 is 41.6 Å². The Morgan fingerprint density at radius 2 is 1.53 bits per heavy atom. The Balaban J connectivity index is -0.000000340. The molecule has 0 saturated heterocycles. The fourth-order valence-corrected chi connectivity index (χ4v) is 0.618. The molecule has 4 unspecified atom stereocenters. The molecule has 0 aromatic heterocycles. The number of hydrogen-bond donors (Lipinski definition) is 7. The first-order chi connectivity index (χ1) is 7.27. The van der Waals surface area contributed by atoms with E-state index < -0.39 is 37.0 Å². The first kappa shape index (κ1) is 21.2. The average Bonchev–Trinajstić information content (AvgIpc) is 2.24. The summed E-state index contributed by atoms with van der Waals surface area (Å²) < 4.78 is 0. The number of aldehydes is 1. The molecular formula is C8H19NO8. The molecule has 9 nitrogen and oxygen atoms in total. The van der Waals surface area contributed by atoms with Crippen LogP contribution in [-0.2, 0) is 9.59 Å². The van der Waals surface area contributed by atoms with Crippen molar-refractivity contribution in [1.29, 1.82) is 0 Å². The molecule has 0 heterocycles. The van der Waals surface area contributed by atoms with Gasteiger partial charge in [-0.3, -0.25) is 4.79 Å². The van der Waals surface area contributed by atoms with Gasteiger partial charge in [0.2, 0.25) is 0 Å². The van der Waals surface area contributed by atoms with Crippen molar-refractivity contribution >= 4 is 12.3 Å². The second-order valence-corrected chi connectivity index (χ2v) is 2.88. The number of carboxylic acid groups (broad SMARTS) is 1. The number of carbonyl (C=O) groups excluding carboxylic acids is 1. The summed E-state index contributed by atoms with van der Waals surface area (Å²) in [6, 6.07) is 0. The molecular weight excluding hydrogens is 238 g/mol. The Labute approximate surface area is 97.5 Å². The van der Waals surface area contributed by atoms with E-state index in [9.17, 15) is 4.79 Å². The van der Waals surface area contributed by atoms with Gasteiger partial charge in [-0.15, -0.1) is 0 Å². The molecule has 0 spiro atoms. The Morgan fingerprint density at radius 1 is 1.18 bits per heavy atom. The van der Waals surface area contributed by atoms with Crippen LogP contribution < -0.4 is 6.15 Å². The summed E-state index contributed by atoms with van der Waals surface area (Å²) in [5, 5.41) is 51.0. The third-order valence-electron chi connectivity index (χ3n) is 1.42. The van der Waals surface area contributed by atoms with Gasteiger partial charge in [0.05, 0.1) is 6.61 Å². The van der Waals surface area contributed by atoms with Crippen LogP contribution >= 0.6 is 0 Å². The number of aliphatic hydroxyl groups is 5. The first-order valence-corrected chi connectivity index (χ1v) is 4.25. The summed E-state index contributed by atoms with van der Waals surface area (Å²) in [5.74, 6) is -0.833.